The average molecular weight is 1140 g/mol. The number of anilines is 2. The Morgan fingerprint density at radius 2 is 1.64 bits per heavy atom. The molecule has 2 bridgehead atoms. The van der Waals surface area contributed by atoms with Crippen LogP contribution < -0.4 is 19.9 Å². The van der Waals surface area contributed by atoms with E-state index in [1.807, 2.05) is 44.2 Å². The van der Waals surface area contributed by atoms with Crippen LogP contribution in [0.1, 0.15) is 119 Å². The molecule has 2 aromatic heterocycles. The number of nitrogens with one attached hydrogen (secondary N) is 1. The molecule has 2 aliphatic carbocycles. The average Bonchev–Trinajstić information content (AvgIpc) is 4.33. The van der Waals surface area contributed by atoms with Crippen molar-refractivity contribution >= 4 is 63.0 Å². The summed E-state index contributed by atoms with van der Waals surface area (Å²) in [6.45, 7) is 15.0. The van der Waals surface area contributed by atoms with E-state index in [9.17, 15) is 29.1 Å². The number of aryl methyl sites for hydroxylation is 1. The number of ether oxygens (including phenoxy) is 3. The number of phenols is 1. The standard InChI is InChI=1S/C63H75FN10O9/c1-4-7-52(77)82-38(3)83-61(80)74-44-10-11-45(74)35-72(34-44)57-49-31-65-55(48-28-46(75)27-41-9-6-8-40(5-2)53(41)48)54(64)56(49)67-60(68-57)81-37-63(16-17-63)36-70-20-18-62(19-21-70)29-39(30-62)32-69-22-24-71(25-23-69)43-12-13-47-42(26-43)33-73(59(47)79)50-14-15-51(76)66-58(50)78/h6,8-9,12-13,26-28,31,38-39,44-45,50,75H,4-5,7,10-11,14-25,29-30,32-37H2,1-3H3,(H,66,76,78)/t38?,44?,45?,50-/m0/s1. The van der Waals surface area contributed by atoms with Crippen molar-refractivity contribution in [1.29, 1.82) is 0 Å². The number of rotatable bonds is 16. The summed E-state index contributed by atoms with van der Waals surface area (Å²) < 4.78 is 35.1. The zero-order chi connectivity index (χ0) is 57.3. The number of halogens is 1. The Labute approximate surface area is 482 Å². The zero-order valence-corrected chi connectivity index (χ0v) is 47.9. The highest BCUT2D eigenvalue weighted by Crippen LogP contribution is 2.54. The van der Waals surface area contributed by atoms with Crippen LogP contribution in [0.25, 0.3) is 32.9 Å². The number of likely N-dealkylation sites (tertiary alicyclic amines) is 1. The molecule has 2 N–H and O–H groups in total. The van der Waals surface area contributed by atoms with E-state index in [4.69, 9.17) is 29.2 Å². The van der Waals surface area contributed by atoms with Gasteiger partial charge in [0.15, 0.2) is 5.82 Å². The SMILES string of the molecule is CCCC(=O)OC(C)OC(=O)N1C2CCC1CN(c1nc(OCC3(CN4CCC5(CC4)CC(CN4CCN(c6ccc7c(c6)CN([C@H]6CCC(=O)NC6=O)C7=O)CC4)C5)CC3)nc3c(F)c(-c4cc(O)cc5cccc(CC)c45)ncc13)C2. The van der Waals surface area contributed by atoms with Gasteiger partial charge in [0.25, 0.3) is 5.91 Å². The summed E-state index contributed by atoms with van der Waals surface area (Å²) in [5.74, 6) is -0.684. The van der Waals surface area contributed by atoms with Crippen LogP contribution >= 0.6 is 0 Å². The van der Waals surface area contributed by atoms with Crippen molar-refractivity contribution in [3.05, 3.63) is 77.2 Å². The van der Waals surface area contributed by atoms with Crippen molar-refractivity contribution in [2.45, 2.75) is 135 Å². The number of esters is 1. The van der Waals surface area contributed by atoms with Crippen LogP contribution in [0.15, 0.2) is 54.7 Å². The van der Waals surface area contributed by atoms with Crippen molar-refractivity contribution in [1.82, 2.24) is 39.9 Å². The van der Waals surface area contributed by atoms with E-state index in [-0.39, 0.29) is 71.0 Å². The molecule has 0 radical (unpaired) electrons. The Hall–Kier alpha value is -7.19. The highest BCUT2D eigenvalue weighted by molar-refractivity contribution is 6.06. The van der Waals surface area contributed by atoms with Gasteiger partial charge in [-0.1, -0.05) is 32.0 Å². The summed E-state index contributed by atoms with van der Waals surface area (Å²) in [6.07, 6.45) is 10.6. The van der Waals surface area contributed by atoms with E-state index in [0.717, 1.165) is 106 Å². The molecule has 3 unspecified atom stereocenters. The molecule has 5 aromatic rings. The second kappa shape index (κ2) is 22.1. The van der Waals surface area contributed by atoms with E-state index in [2.05, 4.69) is 31.0 Å². The summed E-state index contributed by atoms with van der Waals surface area (Å²) in [7, 11) is 0. The Morgan fingerprint density at radius 3 is 2.36 bits per heavy atom. The van der Waals surface area contributed by atoms with Crippen molar-refractivity contribution in [3.63, 3.8) is 0 Å². The van der Waals surface area contributed by atoms with Crippen LogP contribution in [0.5, 0.6) is 11.8 Å². The fourth-order valence-electron chi connectivity index (χ4n) is 15.0. The van der Waals surface area contributed by atoms with Gasteiger partial charge in [-0.25, -0.2) is 9.18 Å². The van der Waals surface area contributed by atoms with Gasteiger partial charge >= 0.3 is 18.1 Å². The lowest BCUT2D eigenvalue weighted by Crippen LogP contribution is -2.56. The number of piperidine rings is 2. The number of pyridine rings is 1. The molecular weight excluding hydrogens is 1060 g/mol. The molecule has 2 saturated carbocycles. The number of phenolic OH excluding ortho intramolecular Hbond substituents is 1. The van der Waals surface area contributed by atoms with Crippen LogP contribution in [0.3, 0.4) is 0 Å². The Bertz CT molecular complexity index is 3370. The number of hydrogen-bond acceptors (Lipinski definition) is 16. The molecule has 4 atom stereocenters. The maximum Gasteiger partial charge on any atom is 0.413 e. The summed E-state index contributed by atoms with van der Waals surface area (Å²) in [5, 5.41) is 15.3. The minimum atomic E-state index is -1.03. The molecule has 8 aliphatic rings. The van der Waals surface area contributed by atoms with E-state index < -0.39 is 30.2 Å². The topological polar surface area (TPSA) is 203 Å². The minimum Gasteiger partial charge on any atom is -0.508 e. The predicted molar refractivity (Wildman–Crippen MR) is 308 cm³/mol. The molecule has 6 aliphatic heterocycles. The van der Waals surface area contributed by atoms with Gasteiger partial charge < -0.3 is 38.9 Å². The molecule has 83 heavy (non-hydrogen) atoms. The first-order valence-corrected chi connectivity index (χ1v) is 30.3. The number of amides is 4. The lowest BCUT2D eigenvalue weighted by atomic mass is 9.57. The Morgan fingerprint density at radius 1 is 0.867 bits per heavy atom. The highest BCUT2D eigenvalue weighted by atomic mass is 19.1. The zero-order valence-electron chi connectivity index (χ0n) is 47.9. The summed E-state index contributed by atoms with van der Waals surface area (Å²) in [6, 6.07) is 14.2. The van der Waals surface area contributed by atoms with Crippen molar-refractivity contribution < 1.29 is 47.7 Å². The molecule has 4 amide bonds. The molecular formula is C63H75FN10O9. The molecule has 1 spiro atoms. The van der Waals surface area contributed by atoms with Gasteiger partial charge in [0.05, 0.1) is 24.1 Å². The van der Waals surface area contributed by atoms with Gasteiger partial charge in [0, 0.05) is 107 Å². The first-order valence-electron chi connectivity index (χ1n) is 30.3. The number of carbonyl (C=O) groups is 5. The molecule has 20 heteroatoms. The first kappa shape index (κ1) is 55.0. The van der Waals surface area contributed by atoms with Crippen molar-refractivity contribution in [2.75, 3.05) is 81.9 Å². The third-order valence-electron chi connectivity index (χ3n) is 19.5. The van der Waals surface area contributed by atoms with E-state index in [1.54, 1.807) is 35.1 Å². The normalized spacial score (nSPS) is 23.6. The molecule has 8 heterocycles. The first-order chi connectivity index (χ1) is 40.1. The number of piperazine rings is 2. The minimum absolute atomic E-state index is 0.00649. The molecule has 13 rings (SSSR count). The van der Waals surface area contributed by atoms with Gasteiger partial charge in [-0.2, -0.15) is 9.97 Å². The Kier molecular flexibility index (Phi) is 14.6. The van der Waals surface area contributed by atoms with Crippen LogP contribution in [-0.2, 0) is 36.8 Å². The quantitative estimate of drug-likeness (QED) is 0.0547. The maximum atomic E-state index is 17.5. The van der Waals surface area contributed by atoms with Gasteiger partial charge in [0.2, 0.25) is 18.1 Å². The van der Waals surface area contributed by atoms with E-state index in [1.165, 1.54) is 25.7 Å². The lowest BCUT2D eigenvalue weighted by Gasteiger charge is -2.54. The third kappa shape index (κ3) is 10.8. The van der Waals surface area contributed by atoms with Crippen LogP contribution in [-0.4, -0.2) is 166 Å². The largest absolute Gasteiger partial charge is 0.508 e. The monoisotopic (exact) mass is 1130 g/mol. The van der Waals surface area contributed by atoms with Crippen LogP contribution in [0.2, 0.25) is 0 Å². The fraction of sp³-hybridized carbons (Fsp3) is 0.556. The highest BCUT2D eigenvalue weighted by Gasteiger charge is 2.50. The molecule has 5 saturated heterocycles. The number of carbonyl (C=O) groups excluding carboxylic acids is 5. The number of nitrogens with zero attached hydrogens (tertiary/aromatic N) is 9. The number of fused-ring (bicyclic) bond motifs is 5. The number of imide groups is 1. The number of hydrogen-bond donors (Lipinski definition) is 2. The second-order valence-electron chi connectivity index (χ2n) is 25.1. The predicted octanol–water partition coefficient (Wildman–Crippen LogP) is 7.97. The summed E-state index contributed by atoms with van der Waals surface area (Å²) in [5.41, 5.74) is 4.66. The number of aromatic nitrogens is 3. The van der Waals surface area contributed by atoms with Gasteiger partial charge in [-0.05, 0) is 147 Å². The summed E-state index contributed by atoms with van der Waals surface area (Å²) >= 11 is 0. The molecule has 7 fully saturated rings. The smallest absolute Gasteiger partial charge is 0.413 e. The Balaban J connectivity index is 0.641. The van der Waals surface area contributed by atoms with Crippen LogP contribution in [0.4, 0.5) is 20.7 Å². The maximum absolute atomic E-state index is 17.5. The molecule has 3 aromatic carbocycles. The lowest BCUT2D eigenvalue weighted by molar-refractivity contribution is -0.166. The molecule has 19 nitrogen and oxygen atoms in total. The van der Waals surface area contributed by atoms with E-state index >= 15 is 4.39 Å². The van der Waals surface area contributed by atoms with Gasteiger partial charge in [-0.15, -0.1) is 0 Å². The number of aromatic hydroxyl groups is 1. The van der Waals surface area contributed by atoms with Crippen LogP contribution in [0, 0.1) is 22.6 Å². The van der Waals surface area contributed by atoms with Gasteiger partial charge in [-0.3, -0.25) is 39.3 Å². The third-order valence-corrected chi connectivity index (χ3v) is 19.5. The summed E-state index contributed by atoms with van der Waals surface area (Å²) in [4.78, 5) is 91.1. The molecule has 438 valence electrons. The fourth-order valence-corrected chi connectivity index (χ4v) is 15.0. The van der Waals surface area contributed by atoms with Crippen molar-refractivity contribution in [3.8, 4) is 23.0 Å². The number of benzene rings is 3. The van der Waals surface area contributed by atoms with E-state index in [0.29, 0.717) is 79.2 Å². The van der Waals surface area contributed by atoms with Crippen molar-refractivity contribution in [2.24, 2.45) is 16.7 Å². The second-order valence-corrected chi connectivity index (χ2v) is 25.1. The van der Waals surface area contributed by atoms with Gasteiger partial charge in [0.1, 0.15) is 28.8 Å².